The monoisotopic (exact) mass is 117 g/mol. The summed E-state index contributed by atoms with van der Waals surface area (Å²) in [5.74, 6) is 5.42. The standard InChI is InChI=1S/C5H15N3/c1-5(4-7-2)8(3)6/h5,7H,4,6H2,1-3H3. The zero-order valence-electron chi connectivity index (χ0n) is 5.81. The molecule has 0 fully saturated rings. The Morgan fingerprint density at radius 1 is 1.75 bits per heavy atom. The van der Waals surface area contributed by atoms with Crippen molar-refractivity contribution in [2.45, 2.75) is 13.0 Å². The maximum atomic E-state index is 5.42. The first-order chi connectivity index (χ1) is 3.68. The Morgan fingerprint density at radius 2 is 2.25 bits per heavy atom. The van der Waals surface area contributed by atoms with E-state index in [2.05, 4.69) is 12.2 Å². The highest BCUT2D eigenvalue weighted by Gasteiger charge is 2.00. The Balaban J connectivity index is 3.17. The van der Waals surface area contributed by atoms with Gasteiger partial charge >= 0.3 is 0 Å². The summed E-state index contributed by atoms with van der Waals surface area (Å²) in [5.41, 5.74) is 0. The fraction of sp³-hybridized carbons (Fsp3) is 1.00. The van der Waals surface area contributed by atoms with E-state index in [0.29, 0.717) is 6.04 Å². The average Bonchev–Trinajstić information content (AvgIpc) is 1.67. The van der Waals surface area contributed by atoms with Gasteiger partial charge in [-0.25, -0.2) is 5.01 Å². The molecule has 3 nitrogen and oxygen atoms in total. The minimum Gasteiger partial charge on any atom is -0.318 e. The third kappa shape index (κ3) is 2.96. The van der Waals surface area contributed by atoms with E-state index in [-0.39, 0.29) is 0 Å². The second-order valence-electron chi connectivity index (χ2n) is 2.07. The van der Waals surface area contributed by atoms with Crippen LogP contribution in [0.1, 0.15) is 6.92 Å². The highest BCUT2D eigenvalue weighted by atomic mass is 15.4. The molecule has 0 aromatic heterocycles. The largest absolute Gasteiger partial charge is 0.318 e. The maximum absolute atomic E-state index is 5.42. The fourth-order valence-electron chi connectivity index (χ4n) is 0.439. The molecule has 0 aliphatic heterocycles. The first-order valence-electron chi connectivity index (χ1n) is 2.80. The molecule has 0 saturated carbocycles. The van der Waals surface area contributed by atoms with Crippen molar-refractivity contribution in [3.05, 3.63) is 0 Å². The quantitative estimate of drug-likeness (QED) is 0.383. The Bertz CT molecular complexity index is 53.6. The van der Waals surface area contributed by atoms with Crippen molar-refractivity contribution in [3.8, 4) is 0 Å². The molecule has 3 N–H and O–H groups in total. The third-order valence-corrected chi connectivity index (χ3v) is 1.19. The lowest BCUT2D eigenvalue weighted by Gasteiger charge is -2.17. The number of nitrogens with one attached hydrogen (secondary N) is 1. The topological polar surface area (TPSA) is 41.3 Å². The van der Waals surface area contributed by atoms with Crippen molar-refractivity contribution in [2.24, 2.45) is 5.84 Å². The second-order valence-corrected chi connectivity index (χ2v) is 2.07. The summed E-state index contributed by atoms with van der Waals surface area (Å²) in [4.78, 5) is 0. The van der Waals surface area contributed by atoms with Crippen LogP contribution in [0.4, 0.5) is 0 Å². The summed E-state index contributed by atoms with van der Waals surface area (Å²) in [6.07, 6.45) is 0. The van der Waals surface area contributed by atoms with Gasteiger partial charge in [0.2, 0.25) is 0 Å². The molecule has 0 aliphatic carbocycles. The van der Waals surface area contributed by atoms with Crippen LogP contribution in [0.3, 0.4) is 0 Å². The zero-order chi connectivity index (χ0) is 6.57. The number of hydrazine groups is 1. The lowest BCUT2D eigenvalue weighted by Crippen LogP contribution is -2.41. The Kier molecular flexibility index (Phi) is 3.77. The van der Waals surface area contributed by atoms with Crippen LogP contribution in [0.15, 0.2) is 0 Å². The van der Waals surface area contributed by atoms with E-state index in [1.165, 1.54) is 0 Å². The number of hydrogen-bond acceptors (Lipinski definition) is 3. The van der Waals surface area contributed by atoms with Crippen LogP contribution in [0, 0.1) is 0 Å². The van der Waals surface area contributed by atoms with Gasteiger partial charge in [-0.3, -0.25) is 5.84 Å². The molecule has 1 unspecified atom stereocenters. The smallest absolute Gasteiger partial charge is 0.0334 e. The molecule has 0 amide bonds. The first-order valence-corrected chi connectivity index (χ1v) is 2.80. The molecule has 0 aromatic carbocycles. The summed E-state index contributed by atoms with van der Waals surface area (Å²) in [5, 5.41) is 4.72. The van der Waals surface area contributed by atoms with Crippen molar-refractivity contribution in [2.75, 3.05) is 20.6 Å². The van der Waals surface area contributed by atoms with Gasteiger partial charge in [-0.1, -0.05) is 0 Å². The normalized spacial score (nSPS) is 14.6. The molecule has 0 radical (unpaired) electrons. The highest BCUT2D eigenvalue weighted by Crippen LogP contribution is 1.82. The lowest BCUT2D eigenvalue weighted by molar-refractivity contribution is 0.262. The maximum Gasteiger partial charge on any atom is 0.0334 e. The number of rotatable bonds is 3. The van der Waals surface area contributed by atoms with Gasteiger partial charge in [0.05, 0.1) is 0 Å². The summed E-state index contributed by atoms with van der Waals surface area (Å²) >= 11 is 0. The predicted molar refractivity (Wildman–Crippen MR) is 35.3 cm³/mol. The molecule has 0 aliphatic rings. The zero-order valence-corrected chi connectivity index (χ0v) is 5.81. The molecule has 8 heavy (non-hydrogen) atoms. The summed E-state index contributed by atoms with van der Waals surface area (Å²) < 4.78 is 0. The molecule has 3 heteroatoms. The summed E-state index contributed by atoms with van der Waals surface area (Å²) in [6, 6.07) is 0.417. The molecule has 50 valence electrons. The van der Waals surface area contributed by atoms with Crippen LogP contribution in [-0.4, -0.2) is 31.7 Å². The van der Waals surface area contributed by atoms with Gasteiger partial charge in [-0.2, -0.15) is 0 Å². The van der Waals surface area contributed by atoms with Gasteiger partial charge in [-0.15, -0.1) is 0 Å². The molecule has 0 heterocycles. The second kappa shape index (κ2) is 3.83. The molecular formula is C5H15N3. The van der Waals surface area contributed by atoms with Crippen molar-refractivity contribution < 1.29 is 0 Å². The minimum absolute atomic E-state index is 0.417. The van der Waals surface area contributed by atoms with Crippen molar-refractivity contribution in [1.29, 1.82) is 0 Å². The molecule has 0 saturated heterocycles. The molecule has 1 atom stereocenters. The average molecular weight is 117 g/mol. The fourth-order valence-corrected chi connectivity index (χ4v) is 0.439. The van der Waals surface area contributed by atoms with E-state index < -0.39 is 0 Å². The van der Waals surface area contributed by atoms with Crippen molar-refractivity contribution in [1.82, 2.24) is 10.3 Å². The van der Waals surface area contributed by atoms with Crippen LogP contribution in [0.2, 0.25) is 0 Å². The van der Waals surface area contributed by atoms with Gasteiger partial charge in [-0.05, 0) is 14.0 Å². The molecule has 0 aromatic rings. The van der Waals surface area contributed by atoms with E-state index in [4.69, 9.17) is 5.84 Å². The number of nitrogens with two attached hydrogens (primary N) is 1. The number of likely N-dealkylation sites (N-methyl/N-ethyl adjacent to an activating group) is 2. The van der Waals surface area contributed by atoms with Crippen LogP contribution in [0.25, 0.3) is 0 Å². The Morgan fingerprint density at radius 3 is 2.38 bits per heavy atom. The van der Waals surface area contributed by atoms with E-state index >= 15 is 0 Å². The van der Waals surface area contributed by atoms with Gasteiger partial charge in [0, 0.05) is 19.6 Å². The van der Waals surface area contributed by atoms with E-state index in [1.54, 1.807) is 5.01 Å². The van der Waals surface area contributed by atoms with Crippen LogP contribution in [0.5, 0.6) is 0 Å². The number of hydrogen-bond donors (Lipinski definition) is 2. The Hall–Kier alpha value is -0.120. The molecule has 0 rings (SSSR count). The summed E-state index contributed by atoms with van der Waals surface area (Å²) in [6.45, 7) is 3.00. The third-order valence-electron chi connectivity index (χ3n) is 1.19. The van der Waals surface area contributed by atoms with E-state index in [1.807, 2.05) is 14.1 Å². The predicted octanol–water partition coefficient (Wildman–Crippen LogP) is -0.600. The van der Waals surface area contributed by atoms with Crippen molar-refractivity contribution in [3.63, 3.8) is 0 Å². The Labute approximate surface area is 50.8 Å². The highest BCUT2D eigenvalue weighted by molar-refractivity contribution is 4.57. The van der Waals surface area contributed by atoms with Crippen LogP contribution >= 0.6 is 0 Å². The number of nitrogens with zero attached hydrogens (tertiary/aromatic N) is 1. The molecular weight excluding hydrogens is 102 g/mol. The first kappa shape index (κ1) is 7.88. The van der Waals surface area contributed by atoms with Gasteiger partial charge in [0.25, 0.3) is 0 Å². The van der Waals surface area contributed by atoms with Crippen LogP contribution < -0.4 is 11.2 Å². The molecule has 0 bridgehead atoms. The minimum atomic E-state index is 0.417. The molecule has 0 spiro atoms. The van der Waals surface area contributed by atoms with Gasteiger partial charge < -0.3 is 5.32 Å². The van der Waals surface area contributed by atoms with Crippen molar-refractivity contribution >= 4 is 0 Å². The van der Waals surface area contributed by atoms with Gasteiger partial charge in [0.15, 0.2) is 0 Å². The van der Waals surface area contributed by atoms with E-state index in [0.717, 1.165) is 6.54 Å². The van der Waals surface area contributed by atoms with Gasteiger partial charge in [0.1, 0.15) is 0 Å². The SMILES string of the molecule is CNCC(C)N(C)N. The lowest BCUT2D eigenvalue weighted by atomic mass is 10.3. The summed E-state index contributed by atoms with van der Waals surface area (Å²) in [7, 11) is 3.78. The van der Waals surface area contributed by atoms with Crippen LogP contribution in [-0.2, 0) is 0 Å². The van der Waals surface area contributed by atoms with E-state index in [9.17, 15) is 0 Å².